The van der Waals surface area contributed by atoms with Crippen LogP contribution < -0.4 is 15.2 Å². The molecule has 0 fully saturated rings. The number of carbonyl (C=O) groups is 1. The first-order chi connectivity index (χ1) is 9.41. The number of aromatic nitrogens is 1. The van der Waals surface area contributed by atoms with Crippen LogP contribution in [0.2, 0.25) is 5.02 Å². The Morgan fingerprint density at radius 2 is 2.25 bits per heavy atom. The first kappa shape index (κ1) is 12.7. The average molecular weight is 299 g/mol. The second kappa shape index (κ2) is 4.11. The lowest BCUT2D eigenvalue weighted by atomic mass is 10.1. The molecule has 104 valence electrons. The smallest absolute Gasteiger partial charge is 0.341 e. The van der Waals surface area contributed by atoms with Crippen molar-refractivity contribution < 1.29 is 19.0 Å². The van der Waals surface area contributed by atoms with E-state index < -0.39 is 22.8 Å². The molecule has 0 radical (unpaired) electrons. The van der Waals surface area contributed by atoms with Crippen LogP contribution >= 0.6 is 11.6 Å². The Morgan fingerprint density at radius 1 is 1.55 bits per heavy atom. The number of aromatic carboxylic acids is 1. The lowest BCUT2D eigenvalue weighted by Crippen LogP contribution is -2.39. The second-order valence-electron chi connectivity index (χ2n) is 4.35. The molecule has 6 nitrogen and oxygen atoms in total. The molecule has 0 saturated heterocycles. The van der Waals surface area contributed by atoms with Crippen LogP contribution in [0.15, 0.2) is 17.1 Å². The van der Waals surface area contributed by atoms with Gasteiger partial charge in [0.2, 0.25) is 5.43 Å². The van der Waals surface area contributed by atoms with E-state index in [1.165, 1.54) is 9.69 Å². The highest BCUT2D eigenvalue weighted by molar-refractivity contribution is 6.31. The number of pyridine rings is 1. The molecule has 0 spiro atoms. The highest BCUT2D eigenvalue weighted by Gasteiger charge is 2.26. The maximum atomic E-state index is 14.0. The van der Waals surface area contributed by atoms with Crippen LogP contribution in [-0.2, 0) is 0 Å². The van der Waals surface area contributed by atoms with Crippen molar-refractivity contribution in [2.75, 3.05) is 18.8 Å². The van der Waals surface area contributed by atoms with E-state index >= 15 is 0 Å². The van der Waals surface area contributed by atoms with Crippen molar-refractivity contribution >= 4 is 28.5 Å². The monoisotopic (exact) mass is 298 g/mol. The third kappa shape index (κ3) is 1.56. The number of ether oxygens (including phenoxy) is 1. The number of hydrogen-bond donors (Lipinski definition) is 1. The third-order valence-electron chi connectivity index (χ3n) is 3.11. The minimum Gasteiger partial charge on any atom is -0.477 e. The van der Waals surface area contributed by atoms with Crippen molar-refractivity contribution in [1.29, 1.82) is 0 Å². The summed E-state index contributed by atoms with van der Waals surface area (Å²) in [6.07, 6.45) is 1.15. The van der Waals surface area contributed by atoms with Gasteiger partial charge in [-0.1, -0.05) is 11.6 Å². The number of rotatable bonds is 1. The molecule has 20 heavy (non-hydrogen) atoms. The lowest BCUT2D eigenvalue weighted by molar-refractivity contribution is 0.0694. The molecule has 2 aromatic rings. The van der Waals surface area contributed by atoms with Gasteiger partial charge in [0.25, 0.3) is 0 Å². The Labute approximate surface area is 116 Å². The largest absolute Gasteiger partial charge is 0.477 e. The van der Waals surface area contributed by atoms with Gasteiger partial charge in [0.15, 0.2) is 18.3 Å². The van der Waals surface area contributed by atoms with Crippen LogP contribution in [-0.4, -0.2) is 29.5 Å². The number of halogens is 2. The Balaban J connectivity index is 2.57. The lowest BCUT2D eigenvalue weighted by Gasteiger charge is -2.30. The molecule has 1 aromatic carbocycles. The fourth-order valence-corrected chi connectivity index (χ4v) is 2.35. The summed E-state index contributed by atoms with van der Waals surface area (Å²) < 4.78 is 20.6. The number of hydrogen-bond acceptors (Lipinski definition) is 4. The van der Waals surface area contributed by atoms with Gasteiger partial charge in [-0.15, -0.1) is 0 Å². The summed E-state index contributed by atoms with van der Waals surface area (Å²) in [5.41, 5.74) is -0.985. The minimum atomic E-state index is -1.36. The molecule has 2 heterocycles. The maximum absolute atomic E-state index is 14.0. The molecular formula is C12H8ClFN2O4. The third-order valence-corrected chi connectivity index (χ3v) is 3.39. The molecule has 1 aliphatic rings. The summed E-state index contributed by atoms with van der Waals surface area (Å²) in [7, 11) is 1.62. The van der Waals surface area contributed by atoms with Crippen LogP contribution in [0, 0.1) is 5.82 Å². The van der Waals surface area contributed by atoms with E-state index in [0.717, 1.165) is 12.3 Å². The van der Waals surface area contributed by atoms with E-state index in [1.807, 2.05) is 0 Å². The van der Waals surface area contributed by atoms with E-state index in [-0.39, 0.29) is 28.4 Å². The van der Waals surface area contributed by atoms with Gasteiger partial charge < -0.3 is 9.84 Å². The number of benzene rings is 1. The molecule has 0 bridgehead atoms. The SMILES string of the molecule is CN1COc2c(F)c(Cl)cc3c(=O)c(C(=O)O)cn1c23. The summed E-state index contributed by atoms with van der Waals surface area (Å²) >= 11 is 5.72. The van der Waals surface area contributed by atoms with Gasteiger partial charge in [0.05, 0.1) is 10.4 Å². The summed E-state index contributed by atoms with van der Waals surface area (Å²) in [4.78, 5) is 23.3. The normalized spacial score (nSPS) is 13.4. The van der Waals surface area contributed by atoms with Crippen molar-refractivity contribution in [3.8, 4) is 5.75 Å². The molecule has 0 aliphatic carbocycles. The standard InChI is InChI=1S/C12H8ClFN2O4/c1-15-4-20-11-8(14)7(13)2-5-9(11)16(15)3-6(10(5)17)12(18)19/h2-3H,4H2,1H3,(H,18,19). The molecule has 1 N–H and O–H groups in total. The van der Waals surface area contributed by atoms with Gasteiger partial charge in [-0.3, -0.25) is 14.5 Å². The first-order valence-corrected chi connectivity index (χ1v) is 5.94. The van der Waals surface area contributed by atoms with Crippen molar-refractivity contribution in [1.82, 2.24) is 4.68 Å². The Kier molecular flexibility index (Phi) is 2.62. The van der Waals surface area contributed by atoms with Crippen molar-refractivity contribution in [2.24, 2.45) is 0 Å². The fraction of sp³-hybridized carbons (Fsp3) is 0.167. The molecule has 0 unspecified atom stereocenters. The summed E-state index contributed by atoms with van der Waals surface area (Å²) in [5.74, 6) is -2.29. The summed E-state index contributed by atoms with van der Waals surface area (Å²) in [5, 5.41) is 10.3. The summed E-state index contributed by atoms with van der Waals surface area (Å²) in [6, 6.07) is 1.11. The van der Waals surface area contributed by atoms with Gasteiger partial charge in [-0.2, -0.15) is 0 Å². The van der Waals surface area contributed by atoms with Crippen LogP contribution in [0.25, 0.3) is 10.9 Å². The maximum Gasteiger partial charge on any atom is 0.341 e. The van der Waals surface area contributed by atoms with Crippen LogP contribution in [0.3, 0.4) is 0 Å². The summed E-state index contributed by atoms with van der Waals surface area (Å²) in [6.45, 7) is 0.00128. The second-order valence-corrected chi connectivity index (χ2v) is 4.76. The molecule has 1 aliphatic heterocycles. The highest BCUT2D eigenvalue weighted by Crippen LogP contribution is 2.34. The first-order valence-electron chi connectivity index (χ1n) is 5.56. The van der Waals surface area contributed by atoms with Crippen molar-refractivity contribution in [2.45, 2.75) is 0 Å². The predicted octanol–water partition coefficient (Wildman–Crippen LogP) is 1.41. The molecular weight excluding hydrogens is 291 g/mol. The molecule has 0 saturated carbocycles. The molecule has 3 rings (SSSR count). The van der Waals surface area contributed by atoms with E-state index in [4.69, 9.17) is 21.4 Å². The Bertz CT molecular complexity index is 817. The minimum absolute atomic E-state index is 0.00128. The molecule has 0 atom stereocenters. The number of nitrogens with zero attached hydrogens (tertiary/aromatic N) is 2. The highest BCUT2D eigenvalue weighted by atomic mass is 35.5. The van der Waals surface area contributed by atoms with Gasteiger partial charge in [0, 0.05) is 13.2 Å². The van der Waals surface area contributed by atoms with E-state index in [9.17, 15) is 14.0 Å². The van der Waals surface area contributed by atoms with Crippen molar-refractivity contribution in [3.63, 3.8) is 0 Å². The van der Waals surface area contributed by atoms with Crippen LogP contribution in [0.1, 0.15) is 10.4 Å². The zero-order valence-corrected chi connectivity index (χ0v) is 10.9. The zero-order valence-electron chi connectivity index (χ0n) is 10.2. The van der Waals surface area contributed by atoms with Gasteiger partial charge in [-0.05, 0) is 6.07 Å². The molecule has 1 aromatic heterocycles. The molecule has 8 heteroatoms. The quantitative estimate of drug-likeness (QED) is 0.862. The topological polar surface area (TPSA) is 71.8 Å². The van der Waals surface area contributed by atoms with Crippen molar-refractivity contribution in [3.05, 3.63) is 38.9 Å². The fourth-order valence-electron chi connectivity index (χ4n) is 2.16. The van der Waals surface area contributed by atoms with Gasteiger partial charge in [-0.25, -0.2) is 9.18 Å². The van der Waals surface area contributed by atoms with E-state index in [1.54, 1.807) is 7.05 Å². The van der Waals surface area contributed by atoms with Gasteiger partial charge >= 0.3 is 5.97 Å². The number of carboxylic acid groups (broad SMARTS) is 1. The zero-order chi connectivity index (χ0) is 14.6. The molecule has 0 amide bonds. The van der Waals surface area contributed by atoms with E-state index in [2.05, 4.69) is 0 Å². The average Bonchev–Trinajstić information content (AvgIpc) is 2.39. The Morgan fingerprint density at radius 3 is 2.90 bits per heavy atom. The van der Waals surface area contributed by atoms with E-state index in [0.29, 0.717) is 0 Å². The van der Waals surface area contributed by atoms with Gasteiger partial charge in [0.1, 0.15) is 11.1 Å². The Hall–Kier alpha value is -2.28. The van der Waals surface area contributed by atoms with Crippen LogP contribution in [0.4, 0.5) is 4.39 Å². The number of carboxylic acids is 1. The van der Waals surface area contributed by atoms with Crippen LogP contribution in [0.5, 0.6) is 5.75 Å². The predicted molar refractivity (Wildman–Crippen MR) is 69.8 cm³/mol.